The molecule has 0 aliphatic heterocycles. The molecule has 0 bridgehead atoms. The Balaban J connectivity index is 2.43. The highest BCUT2D eigenvalue weighted by atomic mass is 16.3. The van der Waals surface area contributed by atoms with Gasteiger partial charge in [-0.2, -0.15) is 0 Å². The van der Waals surface area contributed by atoms with E-state index in [0.717, 1.165) is 30.6 Å². The lowest BCUT2D eigenvalue weighted by Gasteiger charge is -2.07. The molecule has 0 radical (unpaired) electrons. The van der Waals surface area contributed by atoms with E-state index in [9.17, 15) is 5.11 Å². The Labute approximate surface area is 107 Å². The zero-order valence-corrected chi connectivity index (χ0v) is 10.9. The second-order valence-corrected chi connectivity index (χ2v) is 4.49. The Hall–Kier alpha value is -1.68. The summed E-state index contributed by atoms with van der Waals surface area (Å²) in [6.45, 7) is 4.97. The van der Waals surface area contributed by atoms with Crippen LogP contribution < -0.4 is 0 Å². The molecule has 0 spiro atoms. The number of nitrogens with zero attached hydrogens (tertiary/aromatic N) is 3. The van der Waals surface area contributed by atoms with Gasteiger partial charge in [-0.25, -0.2) is 4.68 Å². The molecule has 4 heteroatoms. The van der Waals surface area contributed by atoms with E-state index in [-0.39, 0.29) is 6.61 Å². The molecule has 0 aliphatic carbocycles. The first-order valence-corrected chi connectivity index (χ1v) is 6.36. The second-order valence-electron chi connectivity index (χ2n) is 4.49. The number of benzene rings is 1. The van der Waals surface area contributed by atoms with Crippen LogP contribution in [-0.2, 0) is 13.2 Å². The molecule has 1 heterocycles. The van der Waals surface area contributed by atoms with Gasteiger partial charge in [0.2, 0.25) is 0 Å². The van der Waals surface area contributed by atoms with Crippen LogP contribution in [0.15, 0.2) is 24.3 Å². The lowest BCUT2D eigenvalue weighted by Crippen LogP contribution is -2.03. The minimum absolute atomic E-state index is 0.0740. The maximum atomic E-state index is 9.37. The van der Waals surface area contributed by atoms with Crippen molar-refractivity contribution in [3.8, 4) is 11.3 Å². The maximum Gasteiger partial charge on any atom is 0.116 e. The minimum Gasteiger partial charge on any atom is -0.390 e. The quantitative estimate of drug-likeness (QED) is 0.880. The summed E-state index contributed by atoms with van der Waals surface area (Å²) in [6.07, 6.45) is 2.18. The Morgan fingerprint density at radius 3 is 2.83 bits per heavy atom. The van der Waals surface area contributed by atoms with E-state index in [4.69, 9.17) is 0 Å². The Morgan fingerprint density at radius 2 is 2.17 bits per heavy atom. The van der Waals surface area contributed by atoms with Crippen LogP contribution in [0.4, 0.5) is 0 Å². The number of aryl methyl sites for hydroxylation is 2. The van der Waals surface area contributed by atoms with Crippen LogP contribution in [0.1, 0.15) is 31.0 Å². The molecule has 2 aromatic rings. The molecule has 0 saturated heterocycles. The SMILES string of the molecule is CCCCn1nnc(CO)c1-c1cccc(C)c1. The summed E-state index contributed by atoms with van der Waals surface area (Å²) >= 11 is 0. The summed E-state index contributed by atoms with van der Waals surface area (Å²) in [4.78, 5) is 0. The van der Waals surface area contributed by atoms with E-state index < -0.39 is 0 Å². The molecule has 0 amide bonds. The van der Waals surface area contributed by atoms with E-state index in [1.165, 1.54) is 5.56 Å². The molecule has 0 fully saturated rings. The first-order chi connectivity index (χ1) is 8.76. The predicted molar refractivity (Wildman–Crippen MR) is 71.0 cm³/mol. The monoisotopic (exact) mass is 245 g/mol. The Morgan fingerprint density at radius 1 is 1.33 bits per heavy atom. The fourth-order valence-corrected chi connectivity index (χ4v) is 2.03. The number of aromatic nitrogens is 3. The van der Waals surface area contributed by atoms with Crippen LogP contribution in [0, 0.1) is 6.92 Å². The third-order valence-electron chi connectivity index (χ3n) is 2.97. The van der Waals surface area contributed by atoms with Gasteiger partial charge >= 0.3 is 0 Å². The van der Waals surface area contributed by atoms with Crippen molar-refractivity contribution in [2.45, 2.75) is 39.8 Å². The zero-order valence-electron chi connectivity index (χ0n) is 10.9. The fraction of sp³-hybridized carbons (Fsp3) is 0.429. The third kappa shape index (κ3) is 2.59. The van der Waals surface area contributed by atoms with Gasteiger partial charge in [0, 0.05) is 12.1 Å². The summed E-state index contributed by atoms with van der Waals surface area (Å²) in [5.74, 6) is 0. The number of hydrogen-bond donors (Lipinski definition) is 1. The number of aliphatic hydroxyl groups excluding tert-OH is 1. The number of hydrogen-bond acceptors (Lipinski definition) is 3. The fourth-order valence-electron chi connectivity index (χ4n) is 2.03. The third-order valence-corrected chi connectivity index (χ3v) is 2.97. The van der Waals surface area contributed by atoms with Crippen molar-refractivity contribution in [1.29, 1.82) is 0 Å². The molecule has 1 aromatic carbocycles. The van der Waals surface area contributed by atoms with Gasteiger partial charge in [0.25, 0.3) is 0 Å². The van der Waals surface area contributed by atoms with E-state index in [2.05, 4.69) is 36.3 Å². The smallest absolute Gasteiger partial charge is 0.116 e. The van der Waals surface area contributed by atoms with Crippen molar-refractivity contribution in [2.24, 2.45) is 0 Å². The lowest BCUT2D eigenvalue weighted by molar-refractivity contribution is 0.277. The van der Waals surface area contributed by atoms with Gasteiger partial charge in [0.05, 0.1) is 12.3 Å². The van der Waals surface area contributed by atoms with E-state index in [1.807, 2.05) is 16.8 Å². The van der Waals surface area contributed by atoms with Crippen LogP contribution in [0.2, 0.25) is 0 Å². The lowest BCUT2D eigenvalue weighted by atomic mass is 10.1. The summed E-state index contributed by atoms with van der Waals surface area (Å²) in [5.41, 5.74) is 3.85. The highest BCUT2D eigenvalue weighted by molar-refractivity contribution is 5.62. The van der Waals surface area contributed by atoms with Gasteiger partial charge in [-0.15, -0.1) is 5.10 Å². The molecule has 0 aliphatic rings. The average molecular weight is 245 g/mol. The van der Waals surface area contributed by atoms with E-state index >= 15 is 0 Å². The largest absolute Gasteiger partial charge is 0.390 e. The molecule has 1 aromatic heterocycles. The van der Waals surface area contributed by atoms with Gasteiger partial charge in [-0.3, -0.25) is 0 Å². The average Bonchev–Trinajstić information content (AvgIpc) is 2.79. The van der Waals surface area contributed by atoms with Crippen LogP contribution in [0.3, 0.4) is 0 Å². The highest BCUT2D eigenvalue weighted by Crippen LogP contribution is 2.23. The van der Waals surface area contributed by atoms with Crippen molar-refractivity contribution in [3.63, 3.8) is 0 Å². The van der Waals surface area contributed by atoms with Gasteiger partial charge < -0.3 is 5.11 Å². The maximum absolute atomic E-state index is 9.37. The number of unbranched alkanes of at least 4 members (excludes halogenated alkanes) is 1. The standard InChI is InChI=1S/C14H19N3O/c1-3-4-8-17-14(13(10-18)15-16-17)12-7-5-6-11(2)9-12/h5-7,9,18H,3-4,8,10H2,1-2H3. The van der Waals surface area contributed by atoms with Crippen molar-refractivity contribution in [2.75, 3.05) is 0 Å². The zero-order chi connectivity index (χ0) is 13.0. The van der Waals surface area contributed by atoms with Crippen molar-refractivity contribution in [1.82, 2.24) is 15.0 Å². The molecular weight excluding hydrogens is 226 g/mol. The predicted octanol–water partition coefficient (Wildman–Crippen LogP) is 2.55. The Kier molecular flexibility index (Phi) is 4.10. The number of aliphatic hydroxyl groups is 1. The molecule has 2 rings (SSSR count). The van der Waals surface area contributed by atoms with Crippen LogP contribution in [-0.4, -0.2) is 20.1 Å². The molecule has 18 heavy (non-hydrogen) atoms. The van der Waals surface area contributed by atoms with E-state index in [1.54, 1.807) is 0 Å². The summed E-state index contributed by atoms with van der Waals surface area (Å²) in [5, 5.41) is 17.6. The van der Waals surface area contributed by atoms with Crippen LogP contribution in [0.25, 0.3) is 11.3 Å². The summed E-state index contributed by atoms with van der Waals surface area (Å²) < 4.78 is 1.89. The molecule has 0 unspecified atom stereocenters. The van der Waals surface area contributed by atoms with Crippen LogP contribution >= 0.6 is 0 Å². The first kappa shape index (κ1) is 12.8. The highest BCUT2D eigenvalue weighted by Gasteiger charge is 2.13. The first-order valence-electron chi connectivity index (χ1n) is 6.36. The molecule has 0 saturated carbocycles. The van der Waals surface area contributed by atoms with Gasteiger partial charge in [0.1, 0.15) is 5.69 Å². The molecular formula is C14H19N3O. The second kappa shape index (κ2) is 5.78. The molecule has 96 valence electrons. The number of rotatable bonds is 5. The van der Waals surface area contributed by atoms with Crippen molar-refractivity contribution in [3.05, 3.63) is 35.5 Å². The van der Waals surface area contributed by atoms with Gasteiger partial charge in [-0.1, -0.05) is 42.3 Å². The minimum atomic E-state index is -0.0740. The normalized spacial score (nSPS) is 10.8. The van der Waals surface area contributed by atoms with E-state index in [0.29, 0.717) is 5.69 Å². The van der Waals surface area contributed by atoms with Gasteiger partial charge in [-0.05, 0) is 19.4 Å². The van der Waals surface area contributed by atoms with Gasteiger partial charge in [0.15, 0.2) is 0 Å². The molecule has 4 nitrogen and oxygen atoms in total. The van der Waals surface area contributed by atoms with Crippen molar-refractivity contribution >= 4 is 0 Å². The summed E-state index contributed by atoms with van der Waals surface area (Å²) in [6, 6.07) is 8.21. The summed E-state index contributed by atoms with van der Waals surface area (Å²) in [7, 11) is 0. The molecule has 1 N–H and O–H groups in total. The Bertz CT molecular complexity index is 520. The molecule has 0 atom stereocenters. The van der Waals surface area contributed by atoms with Crippen molar-refractivity contribution < 1.29 is 5.11 Å². The van der Waals surface area contributed by atoms with Crippen LogP contribution in [0.5, 0.6) is 0 Å². The topological polar surface area (TPSA) is 50.9 Å².